The average molecular weight is 1140 g/mol. The van der Waals surface area contributed by atoms with E-state index in [9.17, 15) is 73.5 Å². The summed E-state index contributed by atoms with van der Waals surface area (Å²) >= 11 is 0. The molecular weight excluding hydrogens is 1070 g/mol. The van der Waals surface area contributed by atoms with E-state index in [1.54, 1.807) is 27.7 Å². The molecule has 1 saturated heterocycles. The maximum Gasteiger partial charge on any atom is 0.343 e. The van der Waals surface area contributed by atoms with E-state index in [1.807, 2.05) is 0 Å². The molecule has 2 unspecified atom stereocenters. The number of nitrogens with one attached hydrogen (secondary N) is 6. The number of ether oxygens (including phenoxy) is 4. The molecule has 29 heteroatoms. The number of carbonyl (C=O) groups is 9. The Hall–Kier alpha value is -7.64. The van der Waals surface area contributed by atoms with Gasteiger partial charge in [0, 0.05) is 47.7 Å². The number of hydrogen-bond donors (Lipinski definition) is 11. The lowest BCUT2D eigenvalue weighted by Gasteiger charge is -2.40. The number of amides is 8. The zero-order chi connectivity index (χ0) is 58.8. The van der Waals surface area contributed by atoms with Gasteiger partial charge in [-0.2, -0.15) is 0 Å². The lowest BCUT2D eigenvalue weighted by atomic mass is 9.81. The minimum atomic E-state index is -2.09. The van der Waals surface area contributed by atoms with Crippen molar-refractivity contribution < 1.29 is 92.0 Å². The van der Waals surface area contributed by atoms with Crippen LogP contribution in [0.25, 0.3) is 22.3 Å². The number of rotatable bonds is 22. The van der Waals surface area contributed by atoms with Crippen molar-refractivity contribution in [2.24, 2.45) is 5.92 Å². The molecule has 8 amide bonds. The fourth-order valence-corrected chi connectivity index (χ4v) is 10.3. The Morgan fingerprint density at radius 1 is 0.901 bits per heavy atom. The highest BCUT2D eigenvalue weighted by molar-refractivity contribution is 6.14. The van der Waals surface area contributed by atoms with Gasteiger partial charge in [-0.25, -0.2) is 14.2 Å². The predicted octanol–water partition coefficient (Wildman–Crippen LogP) is -4.29. The summed E-state index contributed by atoms with van der Waals surface area (Å²) in [5.41, 5.74) is 0.700. The minimum absolute atomic E-state index is 0.00419. The minimum Gasteiger partial charge on any atom is -0.458 e. The zero-order valence-corrected chi connectivity index (χ0v) is 44.4. The first kappa shape index (κ1) is 59.5. The van der Waals surface area contributed by atoms with Crippen LogP contribution in [0.5, 0.6) is 0 Å². The van der Waals surface area contributed by atoms with E-state index in [4.69, 9.17) is 23.9 Å². The average Bonchev–Trinajstić information content (AvgIpc) is 3.33. The quantitative estimate of drug-likeness (QED) is 0.0154. The molecule has 0 radical (unpaired) electrons. The number of carbonyl (C=O) groups excluding carboxylic acids is 9. The Labute approximate surface area is 459 Å². The van der Waals surface area contributed by atoms with Crippen molar-refractivity contribution in [3.8, 4) is 11.4 Å². The molecular formula is C52H62FN9O19. The fourth-order valence-electron chi connectivity index (χ4n) is 10.3. The van der Waals surface area contributed by atoms with Gasteiger partial charge in [0.2, 0.25) is 35.4 Å². The van der Waals surface area contributed by atoms with Crippen LogP contribution in [0.15, 0.2) is 29.1 Å². The normalized spacial score (nSPS) is 23.2. The van der Waals surface area contributed by atoms with E-state index >= 15 is 4.39 Å². The number of benzene rings is 1. The Morgan fingerprint density at radius 2 is 1.63 bits per heavy atom. The van der Waals surface area contributed by atoms with Crippen molar-refractivity contribution in [1.82, 2.24) is 46.4 Å². The third-order valence-electron chi connectivity index (χ3n) is 14.8. The summed E-state index contributed by atoms with van der Waals surface area (Å²) in [5.74, 6) is -8.30. The number of aliphatic hydroxyl groups is 5. The molecule has 1 aromatic carbocycles. The molecule has 0 saturated carbocycles. The molecule has 6 heterocycles. The Kier molecular flexibility index (Phi) is 18.1. The van der Waals surface area contributed by atoms with Crippen molar-refractivity contribution in [2.45, 2.75) is 121 Å². The second-order valence-corrected chi connectivity index (χ2v) is 20.4. The van der Waals surface area contributed by atoms with E-state index in [-0.39, 0.29) is 54.9 Å². The standard InChI is InChI=1S/C52H62FN9O19/c1-5-52(77)27-12-32-43-25(15-61(32)49(75)26(27)18-80-51(52)76)41-29(7-6-24-23(4)28(53)13-30(58-43)40(24)41)57-37(67)20-78-21-56-35(65)14-55-47(73)31(19-79-50-46(72)45(71)44(70)33(17-63)81-50)59-48(74)42(22(2)3)60-34(64)10-11-54-36(66)16-62-38(68)8-9-39(62)69/h8-9,12-13,22,29,31,33,42,44-46,50,63,70-72,77H,5-7,10-11,14-21H2,1-4H3,(H,54,66)(H,55,73)(H,56,65)(H,57,67)(H,59,74)(H,60,64)/t29?,31?,33-,42+,44-,45+,46-,50-,52+/m1/s1. The van der Waals surface area contributed by atoms with E-state index in [2.05, 4.69) is 31.9 Å². The highest BCUT2D eigenvalue weighted by Crippen LogP contribution is 2.46. The van der Waals surface area contributed by atoms with Crippen LogP contribution in [0.2, 0.25) is 0 Å². The van der Waals surface area contributed by atoms with Crippen LogP contribution in [0.4, 0.5) is 4.39 Å². The molecule has 9 atom stereocenters. The lowest BCUT2D eigenvalue weighted by Crippen LogP contribution is -2.61. The molecule has 2 aromatic heterocycles. The van der Waals surface area contributed by atoms with Crippen molar-refractivity contribution in [1.29, 1.82) is 0 Å². The smallest absolute Gasteiger partial charge is 0.343 e. The van der Waals surface area contributed by atoms with E-state index in [1.165, 1.54) is 16.7 Å². The monoisotopic (exact) mass is 1140 g/mol. The molecule has 11 N–H and O–H groups in total. The van der Waals surface area contributed by atoms with Gasteiger partial charge in [0.05, 0.1) is 54.8 Å². The van der Waals surface area contributed by atoms with E-state index in [0.29, 0.717) is 51.1 Å². The second kappa shape index (κ2) is 24.6. The second-order valence-electron chi connectivity index (χ2n) is 20.4. The van der Waals surface area contributed by atoms with E-state index in [0.717, 1.165) is 12.2 Å². The number of esters is 1. The molecule has 4 aliphatic heterocycles. The van der Waals surface area contributed by atoms with Gasteiger partial charge in [-0.15, -0.1) is 0 Å². The summed E-state index contributed by atoms with van der Waals surface area (Å²) in [4.78, 5) is 135. The number of aryl methyl sites for hydroxylation is 1. The summed E-state index contributed by atoms with van der Waals surface area (Å²) in [5, 5.41) is 67.6. The topological polar surface area (TPSA) is 402 Å². The zero-order valence-electron chi connectivity index (χ0n) is 44.4. The number of pyridine rings is 2. The molecule has 5 aliphatic rings. The molecule has 0 bridgehead atoms. The summed E-state index contributed by atoms with van der Waals surface area (Å²) in [6, 6.07) is -0.922. The molecule has 28 nitrogen and oxygen atoms in total. The van der Waals surface area contributed by atoms with Gasteiger partial charge in [0.25, 0.3) is 17.4 Å². The third-order valence-corrected chi connectivity index (χ3v) is 14.8. The first-order valence-electron chi connectivity index (χ1n) is 26.0. The molecule has 0 spiro atoms. The first-order chi connectivity index (χ1) is 38.5. The van der Waals surface area contributed by atoms with Crippen LogP contribution in [-0.4, -0.2) is 182 Å². The maximum absolute atomic E-state index is 15.4. The van der Waals surface area contributed by atoms with Crippen molar-refractivity contribution in [2.75, 3.05) is 46.2 Å². The maximum atomic E-state index is 15.4. The van der Waals surface area contributed by atoms with Crippen molar-refractivity contribution in [3.05, 3.63) is 73.8 Å². The first-order valence-corrected chi connectivity index (χ1v) is 26.0. The van der Waals surface area contributed by atoms with Gasteiger partial charge in [-0.05, 0) is 54.9 Å². The summed E-state index contributed by atoms with van der Waals surface area (Å²) in [7, 11) is 0. The molecule has 3 aromatic rings. The van der Waals surface area contributed by atoms with Crippen molar-refractivity contribution in [3.63, 3.8) is 0 Å². The number of aliphatic hydroxyl groups excluding tert-OH is 4. The largest absolute Gasteiger partial charge is 0.458 e. The molecule has 436 valence electrons. The van der Waals surface area contributed by atoms with Crippen LogP contribution in [0, 0.1) is 18.7 Å². The third kappa shape index (κ3) is 12.2. The molecule has 8 rings (SSSR count). The van der Waals surface area contributed by atoms with Crippen molar-refractivity contribution >= 4 is 64.1 Å². The number of cyclic esters (lactones) is 1. The molecule has 81 heavy (non-hydrogen) atoms. The molecule has 1 fully saturated rings. The number of halogens is 1. The van der Waals surface area contributed by atoms with E-state index < -0.39 is 165 Å². The predicted molar refractivity (Wildman–Crippen MR) is 272 cm³/mol. The van der Waals surface area contributed by atoms with Crippen LogP contribution in [0.3, 0.4) is 0 Å². The van der Waals surface area contributed by atoms with Crippen LogP contribution < -0.4 is 37.5 Å². The van der Waals surface area contributed by atoms with Gasteiger partial charge < -0.3 is 80.9 Å². The fraction of sp³-hybridized carbons (Fsp3) is 0.519. The molecule has 1 aliphatic carbocycles. The summed E-state index contributed by atoms with van der Waals surface area (Å²) in [6.45, 7) is 1.66. The number of nitrogens with zero attached hydrogens (tertiary/aromatic N) is 3. The number of aromatic nitrogens is 2. The van der Waals surface area contributed by atoms with Gasteiger partial charge in [0.15, 0.2) is 11.9 Å². The Bertz CT molecular complexity index is 3150. The Morgan fingerprint density at radius 3 is 2.32 bits per heavy atom. The SMILES string of the molecule is CC[C@@]1(O)C(=O)OCc2c1cc1n(c2=O)Cc2c-1nc1cc(F)c(C)c3c1c2C(NC(=O)COCNC(=O)CNC(=O)C(CO[C@@H]1O[C@H](CO)[C@@H](O)[C@H](O)[C@H]1O)NC(=O)[C@@H](NC(=O)CCNC(=O)CN1C(=O)C=CC1=O)C(C)C)CC3. The Balaban J connectivity index is 0.876. The van der Waals surface area contributed by atoms with Crippen LogP contribution in [0.1, 0.15) is 79.5 Å². The van der Waals surface area contributed by atoms with Gasteiger partial charge in [0.1, 0.15) is 68.8 Å². The summed E-state index contributed by atoms with van der Waals surface area (Å²) in [6.07, 6.45) is -6.44. The van der Waals surface area contributed by atoms with Gasteiger partial charge in [-0.1, -0.05) is 20.8 Å². The number of hydrogen-bond acceptors (Lipinski definition) is 20. The number of fused-ring (bicyclic) bond motifs is 5. The lowest BCUT2D eigenvalue weighted by molar-refractivity contribution is -0.301. The van der Waals surface area contributed by atoms with Crippen LogP contribution in [-0.2, 0) is 87.3 Å². The highest BCUT2D eigenvalue weighted by atomic mass is 19.1. The number of imide groups is 1. The summed E-state index contributed by atoms with van der Waals surface area (Å²) < 4.78 is 38.4. The van der Waals surface area contributed by atoms with Crippen LogP contribution >= 0.6 is 0 Å². The van der Waals surface area contributed by atoms with Gasteiger partial charge >= 0.3 is 5.97 Å². The van der Waals surface area contributed by atoms with Gasteiger partial charge in [-0.3, -0.25) is 48.1 Å². The highest BCUT2D eigenvalue weighted by Gasteiger charge is 2.47.